The van der Waals surface area contributed by atoms with Gasteiger partial charge in [-0.1, -0.05) is 6.92 Å². The number of aromatic nitrogens is 5. The first-order valence-corrected chi connectivity index (χ1v) is 15.9. The van der Waals surface area contributed by atoms with Crippen LogP contribution in [0.2, 0.25) is 0 Å². The summed E-state index contributed by atoms with van der Waals surface area (Å²) in [5.41, 5.74) is 3.18. The normalized spacial score (nSPS) is 20.5. The van der Waals surface area contributed by atoms with Gasteiger partial charge in [-0.25, -0.2) is 18.9 Å². The molecular formula is C35H33F4N7O3. The summed E-state index contributed by atoms with van der Waals surface area (Å²) in [6, 6.07) is 5.17. The van der Waals surface area contributed by atoms with Crippen LogP contribution >= 0.6 is 0 Å². The zero-order valence-electron chi connectivity index (χ0n) is 27.4. The Labute approximate surface area is 278 Å². The monoisotopic (exact) mass is 675 g/mol. The highest BCUT2D eigenvalue weighted by atomic mass is 19.4. The molecule has 0 radical (unpaired) electrons. The molecule has 5 aromatic rings. The van der Waals surface area contributed by atoms with E-state index in [-0.39, 0.29) is 35.3 Å². The van der Waals surface area contributed by atoms with Crippen LogP contribution in [0.15, 0.2) is 42.9 Å². The number of carbonyl (C=O) groups is 3. The molecule has 1 aliphatic carbocycles. The maximum atomic E-state index is 14.2. The first kappa shape index (κ1) is 32.4. The number of halogens is 4. The van der Waals surface area contributed by atoms with Crippen LogP contribution in [0.3, 0.4) is 0 Å². The van der Waals surface area contributed by atoms with Crippen molar-refractivity contribution in [3.8, 4) is 11.1 Å². The first-order chi connectivity index (χ1) is 23.0. The van der Waals surface area contributed by atoms with Gasteiger partial charge in [0.15, 0.2) is 22.9 Å². The largest absolute Gasteiger partial charge is 0.436 e. The van der Waals surface area contributed by atoms with Crippen LogP contribution < -0.4 is 5.32 Å². The molecule has 7 rings (SSSR count). The summed E-state index contributed by atoms with van der Waals surface area (Å²) in [6.07, 6.45) is 1.81. The van der Waals surface area contributed by atoms with Gasteiger partial charge in [0, 0.05) is 47.2 Å². The fourth-order valence-corrected chi connectivity index (χ4v) is 7.22. The quantitative estimate of drug-likeness (QED) is 0.164. The molecule has 0 unspecified atom stereocenters. The lowest BCUT2D eigenvalue weighted by molar-refractivity contribution is -0.143. The predicted octanol–water partition coefficient (Wildman–Crippen LogP) is 6.44. The van der Waals surface area contributed by atoms with Gasteiger partial charge in [0.25, 0.3) is 0 Å². The van der Waals surface area contributed by atoms with Gasteiger partial charge in [-0.3, -0.25) is 14.4 Å². The van der Waals surface area contributed by atoms with E-state index in [4.69, 9.17) is 0 Å². The van der Waals surface area contributed by atoms with E-state index in [0.717, 1.165) is 22.4 Å². The van der Waals surface area contributed by atoms with Gasteiger partial charge in [-0.15, -0.1) is 0 Å². The van der Waals surface area contributed by atoms with Crippen molar-refractivity contribution in [1.29, 1.82) is 0 Å². The van der Waals surface area contributed by atoms with E-state index in [1.807, 2.05) is 45.2 Å². The number of benzene rings is 1. The molecule has 1 aromatic carbocycles. The van der Waals surface area contributed by atoms with E-state index in [0.29, 0.717) is 47.4 Å². The number of nitrogens with one attached hydrogen (secondary N) is 1. The molecule has 254 valence electrons. The van der Waals surface area contributed by atoms with Crippen molar-refractivity contribution in [1.82, 2.24) is 29.0 Å². The molecule has 5 heterocycles. The molecule has 1 aliphatic heterocycles. The Morgan fingerprint density at radius 1 is 1.04 bits per heavy atom. The summed E-state index contributed by atoms with van der Waals surface area (Å²) in [5, 5.41) is 7.55. The zero-order chi connectivity index (χ0) is 35.2. The molecule has 2 fully saturated rings. The Hall–Kier alpha value is -5.14. The van der Waals surface area contributed by atoms with Gasteiger partial charge >= 0.3 is 6.18 Å². The van der Waals surface area contributed by atoms with E-state index in [1.54, 1.807) is 21.5 Å². The molecule has 2 aliphatic rings. The number of rotatable bonds is 6. The lowest BCUT2D eigenvalue weighted by atomic mass is 9.92. The minimum absolute atomic E-state index is 0.0182. The zero-order valence-corrected chi connectivity index (χ0v) is 27.4. The van der Waals surface area contributed by atoms with Crippen molar-refractivity contribution in [3.05, 3.63) is 76.8 Å². The SMILES string of the molecule is CC(=O)c1cn(CC(=O)N2[C@H](C(=O)Nc3nc(C(F)(F)F)c(F)cc3C)CC[C@@]3(C)C[C@@H]23)c2c(C)cc(-c3cnc4cc(C)nn4c3)cc12. The number of amides is 2. The number of aryl methyl sites for hydroxylation is 3. The van der Waals surface area contributed by atoms with E-state index >= 15 is 0 Å². The molecule has 1 saturated carbocycles. The number of Topliss-reactive ketones (excluding diaryl/α,β-unsaturated/α-hetero) is 1. The lowest BCUT2D eigenvalue weighted by Crippen LogP contribution is -2.53. The molecule has 1 saturated heterocycles. The molecule has 10 nitrogen and oxygen atoms in total. The number of carbonyl (C=O) groups excluding carboxylic acids is 3. The average molecular weight is 676 g/mol. The molecule has 1 N–H and O–H groups in total. The first-order valence-electron chi connectivity index (χ1n) is 15.9. The van der Waals surface area contributed by atoms with Crippen LogP contribution in [0.25, 0.3) is 27.7 Å². The van der Waals surface area contributed by atoms with Crippen LogP contribution in [-0.4, -0.2) is 58.7 Å². The predicted molar refractivity (Wildman–Crippen MR) is 172 cm³/mol. The van der Waals surface area contributed by atoms with Gasteiger partial charge in [0.1, 0.15) is 18.4 Å². The Balaban J connectivity index is 1.21. The molecule has 3 atom stereocenters. The second kappa shape index (κ2) is 11.2. The number of nitrogens with zero attached hydrogens (tertiary/aromatic N) is 6. The van der Waals surface area contributed by atoms with Crippen LogP contribution in [0, 0.1) is 32.0 Å². The third kappa shape index (κ3) is 5.62. The minimum Gasteiger partial charge on any atom is -0.337 e. The summed E-state index contributed by atoms with van der Waals surface area (Å²) >= 11 is 0. The Kier molecular flexibility index (Phi) is 7.41. The van der Waals surface area contributed by atoms with Crippen molar-refractivity contribution < 1.29 is 31.9 Å². The van der Waals surface area contributed by atoms with Gasteiger partial charge in [0.05, 0.1) is 11.2 Å². The van der Waals surface area contributed by atoms with E-state index in [1.165, 1.54) is 18.7 Å². The average Bonchev–Trinajstić information content (AvgIpc) is 3.35. The number of alkyl halides is 3. The molecule has 0 bridgehead atoms. The summed E-state index contributed by atoms with van der Waals surface area (Å²) < 4.78 is 57.6. The summed E-state index contributed by atoms with van der Waals surface area (Å²) in [6.45, 7) is 8.44. The van der Waals surface area contributed by atoms with Gasteiger partial charge in [-0.05, 0) is 87.3 Å². The van der Waals surface area contributed by atoms with Crippen LogP contribution in [0.4, 0.5) is 23.4 Å². The molecular weight excluding hydrogens is 642 g/mol. The van der Waals surface area contributed by atoms with E-state index < -0.39 is 35.5 Å². The Bertz CT molecular complexity index is 2220. The third-order valence-corrected chi connectivity index (χ3v) is 9.85. The van der Waals surface area contributed by atoms with Crippen molar-refractivity contribution in [2.45, 2.75) is 78.7 Å². The molecule has 49 heavy (non-hydrogen) atoms. The summed E-state index contributed by atoms with van der Waals surface area (Å²) in [5.74, 6) is -3.20. The van der Waals surface area contributed by atoms with Crippen molar-refractivity contribution >= 4 is 40.0 Å². The number of pyridine rings is 1. The molecule has 14 heteroatoms. The number of anilines is 1. The third-order valence-electron chi connectivity index (χ3n) is 9.85. The number of hydrogen-bond donors (Lipinski definition) is 1. The summed E-state index contributed by atoms with van der Waals surface area (Å²) in [7, 11) is 0. The number of fused-ring (bicyclic) bond motifs is 3. The second-order valence-corrected chi connectivity index (χ2v) is 13.5. The fraction of sp³-hybridized carbons (Fsp3) is 0.371. The second-order valence-electron chi connectivity index (χ2n) is 13.5. The number of hydrogen-bond acceptors (Lipinski definition) is 6. The number of piperidine rings is 1. The Morgan fingerprint density at radius 2 is 1.80 bits per heavy atom. The smallest absolute Gasteiger partial charge is 0.337 e. The van der Waals surface area contributed by atoms with Crippen molar-refractivity contribution in [2.75, 3.05) is 5.32 Å². The summed E-state index contributed by atoms with van der Waals surface area (Å²) in [4.78, 5) is 50.1. The highest BCUT2D eigenvalue weighted by Crippen LogP contribution is 2.57. The molecule has 0 spiro atoms. The minimum atomic E-state index is -5.06. The molecule has 4 aromatic heterocycles. The lowest BCUT2D eigenvalue weighted by Gasteiger charge is -2.37. The van der Waals surface area contributed by atoms with Gasteiger partial charge in [0.2, 0.25) is 11.8 Å². The fourth-order valence-electron chi connectivity index (χ4n) is 7.22. The highest BCUT2D eigenvalue weighted by molar-refractivity contribution is 6.09. The topological polar surface area (TPSA) is 114 Å². The van der Waals surface area contributed by atoms with Crippen molar-refractivity contribution in [2.24, 2.45) is 5.41 Å². The van der Waals surface area contributed by atoms with Gasteiger partial charge < -0.3 is 14.8 Å². The van der Waals surface area contributed by atoms with Crippen molar-refractivity contribution in [3.63, 3.8) is 0 Å². The number of likely N-dealkylation sites (tertiary alicyclic amines) is 1. The van der Waals surface area contributed by atoms with E-state index in [9.17, 15) is 31.9 Å². The Morgan fingerprint density at radius 3 is 2.51 bits per heavy atom. The maximum absolute atomic E-state index is 14.2. The van der Waals surface area contributed by atoms with Crippen LogP contribution in [0.5, 0.6) is 0 Å². The van der Waals surface area contributed by atoms with Crippen LogP contribution in [0.1, 0.15) is 66.0 Å². The highest BCUT2D eigenvalue weighted by Gasteiger charge is 2.60. The van der Waals surface area contributed by atoms with Crippen LogP contribution in [-0.2, 0) is 22.3 Å². The number of ketones is 1. The molecule has 2 amide bonds. The van der Waals surface area contributed by atoms with E-state index in [2.05, 4.69) is 20.4 Å². The standard InChI is InChI=1S/C35H33F4N7O3/c1-17-8-21(22-13-40-28-10-19(3)43-45(28)14-22)11-23-24(20(4)47)15-44(30(17)23)16-29(48)46-26(6-7-34(5)12-27(34)46)33(49)42-32-18(2)9-25(36)31(41-32)35(37,38)39/h8-11,13-15,26-27H,6-7,12,16H2,1-5H3,(H,41,42,49)/t26-,27+,34-/m0/s1. The maximum Gasteiger partial charge on any atom is 0.436 e. The van der Waals surface area contributed by atoms with Gasteiger partial charge in [-0.2, -0.15) is 18.3 Å².